The highest BCUT2D eigenvalue weighted by atomic mass is 32.1. The number of hydrogen-bond acceptors (Lipinski definition) is 6. The second-order valence-electron chi connectivity index (χ2n) is 3.67. The van der Waals surface area contributed by atoms with Gasteiger partial charge in [-0.15, -0.1) is 0 Å². The number of aromatic amines is 1. The van der Waals surface area contributed by atoms with Crippen molar-refractivity contribution < 1.29 is 4.92 Å². The lowest BCUT2D eigenvalue weighted by molar-refractivity contribution is -0.388. The van der Waals surface area contributed by atoms with Gasteiger partial charge in [0, 0.05) is 25.0 Å². The number of thiazole rings is 1. The number of rotatable bonds is 4. The Hall–Kier alpha value is -2.16. The molecular formula is C9H11N5O3S. The maximum atomic E-state index is 11.0. The summed E-state index contributed by atoms with van der Waals surface area (Å²) in [4.78, 5) is 27.6. The minimum atomic E-state index is -0.536. The zero-order valence-electron chi connectivity index (χ0n) is 9.76. The van der Waals surface area contributed by atoms with E-state index in [0.717, 1.165) is 11.3 Å². The largest absolute Gasteiger partial charge is 0.406 e. The fourth-order valence-electron chi connectivity index (χ4n) is 1.50. The van der Waals surface area contributed by atoms with E-state index >= 15 is 0 Å². The van der Waals surface area contributed by atoms with Gasteiger partial charge < -0.3 is 20.4 Å². The van der Waals surface area contributed by atoms with Crippen LogP contribution in [0.15, 0.2) is 10.2 Å². The maximum Gasteiger partial charge on any atom is 0.406 e. The van der Waals surface area contributed by atoms with Crippen molar-refractivity contribution >= 4 is 23.0 Å². The van der Waals surface area contributed by atoms with E-state index in [9.17, 15) is 14.9 Å². The smallest absolute Gasteiger partial charge is 0.359 e. The number of nitrogens with one attached hydrogen (secondary N) is 2. The van der Waals surface area contributed by atoms with Crippen LogP contribution in [0.2, 0.25) is 0 Å². The Morgan fingerprint density at radius 3 is 2.94 bits per heavy atom. The maximum absolute atomic E-state index is 11.0. The molecule has 2 N–H and O–H groups in total. The second kappa shape index (κ2) is 4.61. The summed E-state index contributed by atoms with van der Waals surface area (Å²) in [6.07, 6.45) is 0. The molecule has 0 amide bonds. The standard InChI is InChI=1S/C9H11N5O3S/c1-5-11-8(14(16)17)7(13(5)2)10-3-6-4-18-9(15)12-6/h4,10H,3H2,1-2H3,(H,12,15). The number of hydrogen-bond donors (Lipinski definition) is 2. The van der Waals surface area contributed by atoms with Crippen LogP contribution >= 0.6 is 11.3 Å². The SMILES string of the molecule is Cc1nc([N+](=O)[O-])c(NCc2csc(=O)[nH]2)n1C. The van der Waals surface area contributed by atoms with E-state index in [1.807, 2.05) is 0 Å². The zero-order chi connectivity index (χ0) is 13.3. The molecule has 0 radical (unpaired) electrons. The predicted molar refractivity (Wildman–Crippen MR) is 66.9 cm³/mol. The molecule has 0 aliphatic heterocycles. The first-order chi connectivity index (χ1) is 8.49. The van der Waals surface area contributed by atoms with Crippen molar-refractivity contribution in [3.63, 3.8) is 0 Å². The molecule has 0 aromatic carbocycles. The molecule has 2 rings (SSSR count). The number of aryl methyl sites for hydroxylation is 1. The number of H-pyrrole nitrogens is 1. The van der Waals surface area contributed by atoms with E-state index < -0.39 is 4.92 Å². The van der Waals surface area contributed by atoms with Crippen LogP contribution in [0, 0.1) is 17.0 Å². The second-order valence-corrected chi connectivity index (χ2v) is 4.52. The summed E-state index contributed by atoms with van der Waals surface area (Å²) >= 11 is 1.05. The molecule has 0 saturated heterocycles. The lowest BCUT2D eigenvalue weighted by Crippen LogP contribution is -2.07. The summed E-state index contributed by atoms with van der Waals surface area (Å²) in [5.41, 5.74) is 0.679. The summed E-state index contributed by atoms with van der Waals surface area (Å²) in [7, 11) is 1.69. The van der Waals surface area contributed by atoms with Crippen molar-refractivity contribution in [1.29, 1.82) is 0 Å². The van der Waals surface area contributed by atoms with E-state index in [1.165, 1.54) is 0 Å². The third-order valence-corrected chi connectivity index (χ3v) is 3.21. The molecule has 0 spiro atoms. The summed E-state index contributed by atoms with van der Waals surface area (Å²) < 4.78 is 1.60. The molecule has 9 heteroatoms. The van der Waals surface area contributed by atoms with Crippen LogP contribution in [0.3, 0.4) is 0 Å². The van der Waals surface area contributed by atoms with Gasteiger partial charge in [0.25, 0.3) is 0 Å². The van der Waals surface area contributed by atoms with E-state index in [0.29, 0.717) is 23.9 Å². The molecule has 96 valence electrons. The van der Waals surface area contributed by atoms with Gasteiger partial charge in [-0.1, -0.05) is 11.3 Å². The highest BCUT2D eigenvalue weighted by molar-refractivity contribution is 7.07. The Kier molecular flexibility index (Phi) is 3.15. The minimum Gasteiger partial charge on any atom is -0.359 e. The molecule has 0 aliphatic rings. The average molecular weight is 269 g/mol. The van der Waals surface area contributed by atoms with Crippen molar-refractivity contribution in [2.24, 2.45) is 7.05 Å². The van der Waals surface area contributed by atoms with Crippen LogP contribution in [0.4, 0.5) is 11.6 Å². The Bertz CT molecular complexity index is 641. The topological polar surface area (TPSA) is 106 Å². The van der Waals surface area contributed by atoms with E-state index in [-0.39, 0.29) is 10.7 Å². The molecular weight excluding hydrogens is 258 g/mol. The van der Waals surface area contributed by atoms with Crippen LogP contribution < -0.4 is 10.2 Å². The van der Waals surface area contributed by atoms with Crippen LogP contribution in [0.25, 0.3) is 0 Å². The summed E-state index contributed by atoms with van der Waals surface area (Å²) in [5.74, 6) is 0.653. The first-order valence-corrected chi connectivity index (χ1v) is 5.95. The molecule has 0 unspecified atom stereocenters. The molecule has 2 aromatic heterocycles. The Morgan fingerprint density at radius 2 is 2.39 bits per heavy atom. The van der Waals surface area contributed by atoms with Crippen molar-refractivity contribution in [2.75, 3.05) is 5.32 Å². The molecule has 8 nitrogen and oxygen atoms in total. The molecule has 2 heterocycles. The molecule has 0 fully saturated rings. The van der Waals surface area contributed by atoms with Gasteiger partial charge in [0.1, 0.15) is 0 Å². The van der Waals surface area contributed by atoms with Crippen LogP contribution in [0.1, 0.15) is 11.5 Å². The van der Waals surface area contributed by atoms with E-state index in [2.05, 4.69) is 15.3 Å². The fraction of sp³-hybridized carbons (Fsp3) is 0.333. The van der Waals surface area contributed by atoms with Gasteiger partial charge in [-0.05, 0) is 9.91 Å². The van der Waals surface area contributed by atoms with E-state index in [4.69, 9.17) is 0 Å². The van der Waals surface area contributed by atoms with Gasteiger partial charge in [0.2, 0.25) is 11.6 Å². The van der Waals surface area contributed by atoms with E-state index in [1.54, 1.807) is 23.9 Å². The first kappa shape index (κ1) is 12.3. The minimum absolute atomic E-state index is 0.150. The zero-order valence-corrected chi connectivity index (χ0v) is 10.6. The van der Waals surface area contributed by atoms with Crippen LogP contribution in [-0.2, 0) is 13.6 Å². The number of anilines is 1. The molecule has 0 saturated carbocycles. The fourth-order valence-corrected chi connectivity index (χ4v) is 2.08. The van der Waals surface area contributed by atoms with Gasteiger partial charge in [0.15, 0.2) is 0 Å². The van der Waals surface area contributed by atoms with Gasteiger partial charge >= 0.3 is 10.7 Å². The number of aromatic nitrogens is 3. The first-order valence-electron chi connectivity index (χ1n) is 5.07. The molecule has 18 heavy (non-hydrogen) atoms. The average Bonchev–Trinajstić information content (AvgIpc) is 2.83. The molecule has 2 aromatic rings. The lowest BCUT2D eigenvalue weighted by atomic mass is 10.4. The Labute approximate surface area is 105 Å². The third-order valence-electron chi connectivity index (χ3n) is 2.49. The van der Waals surface area contributed by atoms with Gasteiger partial charge in [-0.2, -0.15) is 0 Å². The predicted octanol–water partition coefficient (Wildman–Crippen LogP) is 0.999. The van der Waals surface area contributed by atoms with Crippen molar-refractivity contribution in [3.8, 4) is 0 Å². The Morgan fingerprint density at radius 1 is 1.67 bits per heavy atom. The van der Waals surface area contributed by atoms with Gasteiger partial charge in [0.05, 0.1) is 6.54 Å². The quantitative estimate of drug-likeness (QED) is 0.636. The van der Waals surface area contributed by atoms with Crippen molar-refractivity contribution in [1.82, 2.24) is 14.5 Å². The summed E-state index contributed by atoms with van der Waals surface area (Å²) in [5, 5.41) is 15.4. The summed E-state index contributed by atoms with van der Waals surface area (Å²) in [6.45, 7) is 1.99. The van der Waals surface area contributed by atoms with Crippen LogP contribution in [0.5, 0.6) is 0 Å². The molecule has 0 atom stereocenters. The molecule has 0 bridgehead atoms. The molecule has 0 aliphatic carbocycles. The normalized spacial score (nSPS) is 10.6. The number of imidazole rings is 1. The number of nitrogens with zero attached hydrogens (tertiary/aromatic N) is 3. The lowest BCUT2D eigenvalue weighted by Gasteiger charge is -2.04. The third kappa shape index (κ3) is 2.25. The van der Waals surface area contributed by atoms with Crippen LogP contribution in [-0.4, -0.2) is 19.5 Å². The monoisotopic (exact) mass is 269 g/mol. The van der Waals surface area contributed by atoms with Crippen molar-refractivity contribution in [3.05, 3.63) is 36.7 Å². The summed E-state index contributed by atoms with van der Waals surface area (Å²) in [6, 6.07) is 0. The number of nitro groups is 1. The van der Waals surface area contributed by atoms with Gasteiger partial charge in [-0.3, -0.25) is 9.36 Å². The van der Waals surface area contributed by atoms with Gasteiger partial charge in [-0.25, -0.2) is 0 Å². The van der Waals surface area contributed by atoms with Crippen molar-refractivity contribution in [2.45, 2.75) is 13.5 Å². The Balaban J connectivity index is 2.23. The highest BCUT2D eigenvalue weighted by Crippen LogP contribution is 2.24. The highest BCUT2D eigenvalue weighted by Gasteiger charge is 2.23.